The van der Waals surface area contributed by atoms with Gasteiger partial charge in [0.15, 0.2) is 35.0 Å². The Balaban J connectivity index is 1.45. The molecule has 0 aliphatic heterocycles. The lowest BCUT2D eigenvalue weighted by Crippen LogP contribution is -2.22. The van der Waals surface area contributed by atoms with Crippen LogP contribution in [0.5, 0.6) is 0 Å². The summed E-state index contributed by atoms with van der Waals surface area (Å²) in [6.45, 7) is -0.747. The monoisotopic (exact) mass is 504 g/mol. The predicted molar refractivity (Wildman–Crippen MR) is 120 cm³/mol. The lowest BCUT2D eigenvalue weighted by Gasteiger charge is -2.09. The molecule has 0 atom stereocenters. The van der Waals surface area contributed by atoms with Crippen LogP contribution in [0.15, 0.2) is 54.6 Å². The standard InChI is InChI=1S/C23H12ClF3N2O4S/c24-12-7-5-11(6-8-12)21(31)13-3-1-2-4-14(13)22(32)33-10-17(30)28-23-29-20-16(34-23)9-15(25)18(26)19(20)27/h1-9H,10H2,(H,28,29,30). The normalized spacial score (nSPS) is 10.8. The average Bonchev–Trinajstić information content (AvgIpc) is 3.23. The minimum Gasteiger partial charge on any atom is -0.452 e. The molecule has 4 rings (SSSR count). The first-order valence-corrected chi connectivity index (χ1v) is 10.7. The number of nitrogens with zero attached hydrogens (tertiary/aromatic N) is 1. The van der Waals surface area contributed by atoms with Crippen molar-refractivity contribution in [1.82, 2.24) is 4.98 Å². The summed E-state index contributed by atoms with van der Waals surface area (Å²) in [4.78, 5) is 41.3. The third kappa shape index (κ3) is 4.78. The zero-order valence-corrected chi connectivity index (χ0v) is 18.5. The van der Waals surface area contributed by atoms with E-state index in [1.807, 2.05) is 0 Å². The summed E-state index contributed by atoms with van der Waals surface area (Å²) in [6, 6.07) is 12.8. The Morgan fingerprint density at radius 3 is 2.35 bits per heavy atom. The second-order valence-corrected chi connectivity index (χ2v) is 8.33. The molecule has 6 nitrogen and oxygen atoms in total. The Hall–Kier alpha value is -3.76. The number of esters is 1. The molecule has 3 aromatic carbocycles. The molecule has 0 spiro atoms. The van der Waals surface area contributed by atoms with E-state index in [1.165, 1.54) is 42.5 Å². The van der Waals surface area contributed by atoms with Crippen LogP contribution in [0.1, 0.15) is 26.3 Å². The van der Waals surface area contributed by atoms with Gasteiger partial charge in [0.05, 0.1) is 10.3 Å². The molecule has 0 fully saturated rings. The van der Waals surface area contributed by atoms with Gasteiger partial charge in [-0.1, -0.05) is 41.1 Å². The van der Waals surface area contributed by atoms with E-state index in [0.717, 1.165) is 6.07 Å². The Morgan fingerprint density at radius 2 is 1.65 bits per heavy atom. The van der Waals surface area contributed by atoms with Crippen molar-refractivity contribution in [1.29, 1.82) is 0 Å². The van der Waals surface area contributed by atoms with E-state index >= 15 is 0 Å². The summed E-state index contributed by atoms with van der Waals surface area (Å²) in [5.74, 6) is -6.71. The van der Waals surface area contributed by atoms with Crippen molar-refractivity contribution in [3.8, 4) is 0 Å². The number of halogens is 4. The van der Waals surface area contributed by atoms with Crippen molar-refractivity contribution in [2.75, 3.05) is 11.9 Å². The van der Waals surface area contributed by atoms with Gasteiger partial charge in [-0.25, -0.2) is 22.9 Å². The van der Waals surface area contributed by atoms with Gasteiger partial charge in [-0.15, -0.1) is 0 Å². The number of fused-ring (bicyclic) bond motifs is 1. The number of nitrogens with one attached hydrogen (secondary N) is 1. The van der Waals surface area contributed by atoms with Crippen molar-refractivity contribution in [3.05, 3.63) is 93.8 Å². The number of hydrogen-bond acceptors (Lipinski definition) is 6. The first-order valence-electron chi connectivity index (χ1n) is 9.55. The lowest BCUT2D eigenvalue weighted by atomic mass is 9.98. The number of hydrogen-bond donors (Lipinski definition) is 1. The molecule has 0 aliphatic rings. The summed E-state index contributed by atoms with van der Waals surface area (Å²) in [7, 11) is 0. The highest BCUT2D eigenvalue weighted by atomic mass is 35.5. The number of ketones is 1. The second kappa shape index (κ2) is 9.62. The molecule has 0 aliphatic carbocycles. The van der Waals surface area contributed by atoms with E-state index in [-0.39, 0.29) is 21.0 Å². The maximum atomic E-state index is 13.8. The second-order valence-electron chi connectivity index (χ2n) is 6.86. The molecule has 0 bridgehead atoms. The van der Waals surface area contributed by atoms with Crippen LogP contribution in [0.4, 0.5) is 18.3 Å². The van der Waals surface area contributed by atoms with Crippen molar-refractivity contribution in [2.45, 2.75) is 0 Å². The molecule has 1 heterocycles. The van der Waals surface area contributed by atoms with E-state index in [0.29, 0.717) is 21.9 Å². The van der Waals surface area contributed by atoms with Gasteiger partial charge in [-0.05, 0) is 36.4 Å². The highest BCUT2D eigenvalue weighted by molar-refractivity contribution is 7.22. The number of benzene rings is 3. The molecule has 11 heteroatoms. The van der Waals surface area contributed by atoms with Gasteiger partial charge in [0.25, 0.3) is 5.91 Å². The number of amides is 1. The highest BCUT2D eigenvalue weighted by Gasteiger charge is 2.21. The number of rotatable bonds is 6. The fourth-order valence-corrected chi connectivity index (χ4v) is 4.04. The Labute approximate surface area is 198 Å². The van der Waals surface area contributed by atoms with E-state index in [9.17, 15) is 27.6 Å². The van der Waals surface area contributed by atoms with Crippen molar-refractivity contribution < 1.29 is 32.3 Å². The van der Waals surface area contributed by atoms with Crippen LogP contribution < -0.4 is 5.32 Å². The minimum absolute atomic E-state index is 0.0154. The van der Waals surface area contributed by atoms with Gasteiger partial charge in [0.1, 0.15) is 5.52 Å². The number of carbonyl (C=O) groups is 3. The van der Waals surface area contributed by atoms with E-state index < -0.39 is 47.2 Å². The maximum absolute atomic E-state index is 13.8. The van der Waals surface area contributed by atoms with E-state index in [1.54, 1.807) is 6.07 Å². The predicted octanol–water partition coefficient (Wildman–Crippen LogP) is 5.39. The molecule has 4 aromatic rings. The molecule has 1 aromatic heterocycles. The van der Waals surface area contributed by atoms with Gasteiger partial charge in [-0.3, -0.25) is 14.9 Å². The molecule has 1 amide bonds. The van der Waals surface area contributed by atoms with Crippen molar-refractivity contribution >= 4 is 55.9 Å². The zero-order valence-electron chi connectivity index (χ0n) is 16.9. The number of aromatic nitrogens is 1. The molecule has 34 heavy (non-hydrogen) atoms. The number of ether oxygens (including phenoxy) is 1. The number of thiazole rings is 1. The van der Waals surface area contributed by atoms with Gasteiger partial charge in [0.2, 0.25) is 0 Å². The Bertz CT molecular complexity index is 1440. The fourth-order valence-electron chi connectivity index (χ4n) is 3.01. The minimum atomic E-state index is -1.67. The summed E-state index contributed by atoms with van der Waals surface area (Å²) in [6.07, 6.45) is 0. The van der Waals surface area contributed by atoms with Crippen LogP contribution in [-0.4, -0.2) is 29.3 Å². The zero-order chi connectivity index (χ0) is 24.4. The fraction of sp³-hybridized carbons (Fsp3) is 0.0435. The summed E-state index contributed by atoms with van der Waals surface area (Å²) in [5, 5.41) is 2.58. The smallest absolute Gasteiger partial charge is 0.339 e. The highest BCUT2D eigenvalue weighted by Crippen LogP contribution is 2.30. The van der Waals surface area contributed by atoms with Gasteiger partial charge >= 0.3 is 5.97 Å². The Kier molecular flexibility index (Phi) is 6.62. The molecular formula is C23H12ClF3N2O4S. The summed E-state index contributed by atoms with van der Waals surface area (Å²) < 4.78 is 45.5. The summed E-state index contributed by atoms with van der Waals surface area (Å²) >= 11 is 6.55. The molecule has 0 radical (unpaired) electrons. The van der Waals surface area contributed by atoms with Gasteiger partial charge < -0.3 is 4.74 Å². The topological polar surface area (TPSA) is 85.4 Å². The molecule has 0 saturated heterocycles. The largest absolute Gasteiger partial charge is 0.452 e. The van der Waals surface area contributed by atoms with Crippen LogP contribution >= 0.6 is 22.9 Å². The number of carbonyl (C=O) groups excluding carboxylic acids is 3. The van der Waals surface area contributed by atoms with Gasteiger partial charge in [0, 0.05) is 16.1 Å². The Morgan fingerprint density at radius 1 is 0.971 bits per heavy atom. The lowest BCUT2D eigenvalue weighted by molar-refractivity contribution is -0.119. The third-order valence-electron chi connectivity index (χ3n) is 4.60. The number of anilines is 1. The van der Waals surface area contributed by atoms with Crippen LogP contribution in [0.3, 0.4) is 0 Å². The van der Waals surface area contributed by atoms with E-state index in [2.05, 4.69) is 10.3 Å². The summed E-state index contributed by atoms with van der Waals surface area (Å²) in [5.41, 5.74) is -0.117. The third-order valence-corrected chi connectivity index (χ3v) is 5.77. The molecular weight excluding hydrogens is 493 g/mol. The maximum Gasteiger partial charge on any atom is 0.339 e. The first-order chi connectivity index (χ1) is 16.2. The quantitative estimate of drug-likeness (QED) is 0.216. The average molecular weight is 505 g/mol. The molecule has 0 unspecified atom stereocenters. The van der Waals surface area contributed by atoms with Crippen LogP contribution in [-0.2, 0) is 9.53 Å². The van der Waals surface area contributed by atoms with E-state index in [4.69, 9.17) is 16.3 Å². The van der Waals surface area contributed by atoms with Gasteiger partial charge in [-0.2, -0.15) is 0 Å². The van der Waals surface area contributed by atoms with Crippen LogP contribution in [0.2, 0.25) is 5.02 Å². The van der Waals surface area contributed by atoms with Crippen molar-refractivity contribution in [2.24, 2.45) is 0 Å². The van der Waals surface area contributed by atoms with Crippen LogP contribution in [0, 0.1) is 17.5 Å². The molecule has 0 saturated carbocycles. The first kappa shape index (κ1) is 23.4. The SMILES string of the molecule is O=C(COC(=O)c1ccccc1C(=O)c1ccc(Cl)cc1)Nc1nc2c(F)c(F)c(F)cc2s1. The van der Waals surface area contributed by atoms with Crippen LogP contribution in [0.25, 0.3) is 10.2 Å². The molecule has 172 valence electrons. The molecule has 1 N–H and O–H groups in total. The van der Waals surface area contributed by atoms with Crippen molar-refractivity contribution in [3.63, 3.8) is 0 Å².